The van der Waals surface area contributed by atoms with Crippen LogP contribution in [-0.2, 0) is 25.7 Å². The molecule has 2 atom stereocenters. The number of anilines is 1. The Labute approximate surface area is 183 Å². The molecule has 1 aliphatic rings. The molecule has 1 saturated heterocycles. The van der Waals surface area contributed by atoms with Crippen LogP contribution in [0.4, 0.5) is 5.69 Å². The SMILES string of the molecule is C[C@H](c1ccccc1)N1C[C@@H](C(=O)OCC(=O)NCc2ccc(N(C)C)cc2)CC1=O. The highest BCUT2D eigenvalue weighted by Crippen LogP contribution is 2.28. The Morgan fingerprint density at radius 2 is 1.81 bits per heavy atom. The van der Waals surface area contributed by atoms with E-state index in [2.05, 4.69) is 5.32 Å². The molecule has 0 aromatic heterocycles. The van der Waals surface area contributed by atoms with Crippen molar-refractivity contribution in [2.75, 3.05) is 32.1 Å². The van der Waals surface area contributed by atoms with Crippen LogP contribution in [0.25, 0.3) is 0 Å². The molecule has 31 heavy (non-hydrogen) atoms. The zero-order valence-corrected chi connectivity index (χ0v) is 18.2. The Morgan fingerprint density at radius 1 is 1.13 bits per heavy atom. The fourth-order valence-electron chi connectivity index (χ4n) is 3.59. The van der Waals surface area contributed by atoms with Gasteiger partial charge in [-0.2, -0.15) is 0 Å². The highest BCUT2D eigenvalue weighted by atomic mass is 16.5. The van der Waals surface area contributed by atoms with Gasteiger partial charge in [0.2, 0.25) is 5.91 Å². The lowest BCUT2D eigenvalue weighted by molar-refractivity contribution is -0.152. The van der Waals surface area contributed by atoms with Crippen LogP contribution in [0, 0.1) is 5.92 Å². The number of hydrogen-bond donors (Lipinski definition) is 1. The highest BCUT2D eigenvalue weighted by molar-refractivity contribution is 5.88. The number of esters is 1. The minimum absolute atomic E-state index is 0.0797. The van der Waals surface area contributed by atoms with E-state index in [0.717, 1.165) is 16.8 Å². The summed E-state index contributed by atoms with van der Waals surface area (Å²) in [4.78, 5) is 40.5. The van der Waals surface area contributed by atoms with Gasteiger partial charge in [0.1, 0.15) is 0 Å². The van der Waals surface area contributed by atoms with Gasteiger partial charge in [0.05, 0.1) is 12.0 Å². The van der Waals surface area contributed by atoms with Gasteiger partial charge in [-0.3, -0.25) is 14.4 Å². The van der Waals surface area contributed by atoms with Crippen molar-refractivity contribution in [1.82, 2.24) is 10.2 Å². The van der Waals surface area contributed by atoms with Crippen LogP contribution >= 0.6 is 0 Å². The van der Waals surface area contributed by atoms with E-state index in [1.165, 1.54) is 0 Å². The Hall–Kier alpha value is -3.35. The number of rotatable bonds is 8. The molecule has 2 amide bonds. The molecule has 7 heteroatoms. The topological polar surface area (TPSA) is 79.0 Å². The minimum Gasteiger partial charge on any atom is -0.455 e. The zero-order valence-electron chi connectivity index (χ0n) is 18.2. The summed E-state index contributed by atoms with van der Waals surface area (Å²) >= 11 is 0. The summed E-state index contributed by atoms with van der Waals surface area (Å²) in [6.45, 7) is 2.24. The summed E-state index contributed by atoms with van der Waals surface area (Å²) in [6.07, 6.45) is 0.107. The monoisotopic (exact) mass is 423 g/mol. The van der Waals surface area contributed by atoms with Gasteiger partial charge in [0.25, 0.3) is 5.91 Å². The van der Waals surface area contributed by atoms with Gasteiger partial charge in [0.15, 0.2) is 6.61 Å². The van der Waals surface area contributed by atoms with E-state index < -0.39 is 11.9 Å². The Balaban J connectivity index is 1.44. The second-order valence-electron chi connectivity index (χ2n) is 7.98. The standard InChI is InChI=1S/C24H29N3O4/c1-17(19-7-5-4-6-8-19)27-15-20(13-23(27)29)24(30)31-16-22(28)25-14-18-9-11-21(12-10-18)26(2)3/h4-12,17,20H,13-16H2,1-3H3,(H,25,28)/t17-,20+/m1/s1. The molecular weight excluding hydrogens is 394 g/mol. The molecule has 1 aliphatic heterocycles. The Kier molecular flexibility index (Phi) is 7.28. The summed E-state index contributed by atoms with van der Waals surface area (Å²) in [5.74, 6) is -1.51. The maximum absolute atomic E-state index is 12.4. The van der Waals surface area contributed by atoms with Gasteiger partial charge >= 0.3 is 5.97 Å². The quantitative estimate of drug-likeness (QED) is 0.660. The average molecular weight is 424 g/mol. The van der Waals surface area contributed by atoms with Gasteiger partial charge in [-0.05, 0) is 30.2 Å². The second-order valence-corrected chi connectivity index (χ2v) is 7.98. The number of benzene rings is 2. The first-order chi connectivity index (χ1) is 14.8. The number of nitrogens with one attached hydrogen (secondary N) is 1. The number of ether oxygens (including phenoxy) is 1. The summed E-state index contributed by atoms with van der Waals surface area (Å²) in [5, 5.41) is 2.74. The lowest BCUT2D eigenvalue weighted by atomic mass is 10.1. The van der Waals surface area contributed by atoms with Gasteiger partial charge in [-0.25, -0.2) is 0 Å². The molecule has 2 aromatic rings. The molecule has 3 rings (SSSR count). The van der Waals surface area contributed by atoms with Crippen molar-refractivity contribution in [3.05, 3.63) is 65.7 Å². The maximum atomic E-state index is 12.4. The molecule has 7 nitrogen and oxygen atoms in total. The van der Waals surface area contributed by atoms with Gasteiger partial charge in [-0.1, -0.05) is 42.5 Å². The minimum atomic E-state index is -0.551. The summed E-state index contributed by atoms with van der Waals surface area (Å²) < 4.78 is 5.17. The molecule has 2 aromatic carbocycles. The first-order valence-corrected chi connectivity index (χ1v) is 10.4. The fourth-order valence-corrected chi connectivity index (χ4v) is 3.59. The summed E-state index contributed by atoms with van der Waals surface area (Å²) in [5.41, 5.74) is 3.05. The summed E-state index contributed by atoms with van der Waals surface area (Å²) in [6, 6.07) is 17.4. The van der Waals surface area contributed by atoms with E-state index in [0.29, 0.717) is 13.1 Å². The molecule has 0 bridgehead atoms. The molecule has 0 radical (unpaired) electrons. The second kappa shape index (κ2) is 10.1. The van der Waals surface area contributed by atoms with Crippen molar-refractivity contribution < 1.29 is 19.1 Å². The maximum Gasteiger partial charge on any atom is 0.311 e. The molecule has 1 N–H and O–H groups in total. The Morgan fingerprint density at radius 3 is 2.45 bits per heavy atom. The van der Waals surface area contributed by atoms with Crippen LogP contribution in [-0.4, -0.2) is 49.9 Å². The van der Waals surface area contributed by atoms with Gasteiger partial charge < -0.3 is 19.9 Å². The van der Waals surface area contributed by atoms with E-state index in [9.17, 15) is 14.4 Å². The van der Waals surface area contributed by atoms with E-state index in [-0.39, 0.29) is 30.9 Å². The number of likely N-dealkylation sites (tertiary alicyclic amines) is 1. The van der Waals surface area contributed by atoms with Crippen LogP contribution in [0.3, 0.4) is 0 Å². The first kappa shape index (κ1) is 22.3. The van der Waals surface area contributed by atoms with E-state index >= 15 is 0 Å². The van der Waals surface area contributed by atoms with Crippen molar-refractivity contribution in [3.63, 3.8) is 0 Å². The van der Waals surface area contributed by atoms with E-state index in [1.54, 1.807) is 4.90 Å². The average Bonchev–Trinajstić information content (AvgIpc) is 3.18. The predicted molar refractivity (Wildman–Crippen MR) is 118 cm³/mol. The number of carbonyl (C=O) groups is 3. The number of amides is 2. The summed E-state index contributed by atoms with van der Waals surface area (Å²) in [7, 11) is 3.93. The number of nitrogens with zero attached hydrogens (tertiary/aromatic N) is 2. The smallest absolute Gasteiger partial charge is 0.311 e. The first-order valence-electron chi connectivity index (χ1n) is 10.4. The molecule has 0 spiro atoms. The molecule has 1 fully saturated rings. The lowest BCUT2D eigenvalue weighted by Gasteiger charge is -2.25. The molecule has 0 aliphatic carbocycles. The van der Waals surface area contributed by atoms with Crippen LogP contribution < -0.4 is 10.2 Å². The molecule has 164 valence electrons. The third-order valence-corrected chi connectivity index (χ3v) is 5.53. The molecular formula is C24H29N3O4. The normalized spacial score (nSPS) is 16.7. The molecule has 0 unspecified atom stereocenters. The third-order valence-electron chi connectivity index (χ3n) is 5.53. The van der Waals surface area contributed by atoms with Crippen LogP contribution in [0.1, 0.15) is 30.5 Å². The van der Waals surface area contributed by atoms with E-state index in [1.807, 2.05) is 80.5 Å². The fraction of sp³-hybridized carbons (Fsp3) is 0.375. The lowest BCUT2D eigenvalue weighted by Crippen LogP contribution is -2.32. The van der Waals surface area contributed by atoms with Crippen molar-refractivity contribution in [2.45, 2.75) is 25.9 Å². The number of hydrogen-bond acceptors (Lipinski definition) is 5. The largest absolute Gasteiger partial charge is 0.455 e. The van der Waals surface area contributed by atoms with Crippen molar-refractivity contribution in [3.8, 4) is 0 Å². The molecule has 0 saturated carbocycles. The predicted octanol–water partition coefficient (Wildman–Crippen LogP) is 2.52. The van der Waals surface area contributed by atoms with Crippen molar-refractivity contribution >= 4 is 23.5 Å². The zero-order chi connectivity index (χ0) is 22.4. The molecule has 1 heterocycles. The van der Waals surface area contributed by atoms with Crippen molar-refractivity contribution in [1.29, 1.82) is 0 Å². The van der Waals surface area contributed by atoms with Gasteiger partial charge in [0, 0.05) is 39.3 Å². The van der Waals surface area contributed by atoms with Crippen LogP contribution in [0.15, 0.2) is 54.6 Å². The van der Waals surface area contributed by atoms with Crippen LogP contribution in [0.5, 0.6) is 0 Å². The van der Waals surface area contributed by atoms with E-state index in [4.69, 9.17) is 4.74 Å². The Bertz CT molecular complexity index is 912. The third kappa shape index (κ3) is 5.84. The van der Waals surface area contributed by atoms with Gasteiger partial charge in [-0.15, -0.1) is 0 Å². The highest BCUT2D eigenvalue weighted by Gasteiger charge is 2.38. The van der Waals surface area contributed by atoms with Crippen LogP contribution in [0.2, 0.25) is 0 Å². The van der Waals surface area contributed by atoms with Crippen molar-refractivity contribution in [2.24, 2.45) is 5.92 Å². The number of carbonyl (C=O) groups excluding carboxylic acids is 3.